The van der Waals surface area contributed by atoms with E-state index in [9.17, 15) is 0 Å². The highest BCUT2D eigenvalue weighted by molar-refractivity contribution is 6.10. The Hall–Kier alpha value is -2.06. The summed E-state index contributed by atoms with van der Waals surface area (Å²) >= 11 is 0. The third-order valence-corrected chi connectivity index (χ3v) is 4.17. The largest absolute Gasteiger partial charge is 0.493 e. The molecule has 2 radical (unpaired) electrons. The fourth-order valence-corrected chi connectivity index (χ4v) is 2.87. The number of hydrogen-bond donors (Lipinski definition) is 1. The molecule has 1 fully saturated rings. The molecular weight excluding hydrogens is 319 g/mol. The first-order valence-corrected chi connectivity index (χ1v) is 8.51. The Morgan fingerprint density at radius 2 is 2.08 bits per heavy atom. The van der Waals surface area contributed by atoms with Gasteiger partial charge in [0.05, 0.1) is 40.3 Å². The molecule has 0 bridgehead atoms. The second kappa shape index (κ2) is 8.87. The van der Waals surface area contributed by atoms with E-state index in [1.165, 1.54) is 6.33 Å². The van der Waals surface area contributed by atoms with Gasteiger partial charge in [-0.3, -0.25) is 4.90 Å². The molecule has 0 saturated carbocycles. The minimum Gasteiger partial charge on any atom is -0.493 e. The number of ether oxygens (including phenoxy) is 3. The van der Waals surface area contributed by atoms with Crippen molar-refractivity contribution in [1.29, 1.82) is 0 Å². The third kappa shape index (κ3) is 4.52. The van der Waals surface area contributed by atoms with Gasteiger partial charge in [-0.25, -0.2) is 9.97 Å². The Bertz CT molecular complexity index is 695. The zero-order valence-electron chi connectivity index (χ0n) is 14.5. The monoisotopic (exact) mass is 342 g/mol. The second-order valence-corrected chi connectivity index (χ2v) is 5.78. The summed E-state index contributed by atoms with van der Waals surface area (Å²) in [7, 11) is 7.20. The number of hydrogen-bond acceptors (Lipinski definition) is 7. The minimum atomic E-state index is 0.299. The quantitative estimate of drug-likeness (QED) is 0.572. The lowest BCUT2D eigenvalue weighted by atomic mass is 10.1. The van der Waals surface area contributed by atoms with Gasteiger partial charge in [0.2, 0.25) is 0 Å². The number of methoxy groups -OCH3 is 1. The van der Waals surface area contributed by atoms with E-state index >= 15 is 0 Å². The first kappa shape index (κ1) is 17.8. The van der Waals surface area contributed by atoms with Crippen LogP contribution < -0.4 is 14.8 Å². The molecule has 0 aliphatic carbocycles. The highest BCUT2D eigenvalue weighted by atomic mass is 16.5. The van der Waals surface area contributed by atoms with Gasteiger partial charge in [-0.05, 0) is 18.9 Å². The number of fused-ring (bicyclic) bond motifs is 1. The van der Waals surface area contributed by atoms with Crippen molar-refractivity contribution in [2.45, 2.75) is 6.42 Å². The molecule has 1 aliphatic heterocycles. The van der Waals surface area contributed by atoms with E-state index in [2.05, 4.69) is 20.2 Å². The molecule has 1 aromatic carbocycles. The Morgan fingerprint density at radius 3 is 2.84 bits per heavy atom. The van der Waals surface area contributed by atoms with Gasteiger partial charge in [0, 0.05) is 31.1 Å². The van der Waals surface area contributed by atoms with Crippen LogP contribution in [0.3, 0.4) is 0 Å². The van der Waals surface area contributed by atoms with Gasteiger partial charge in [0.15, 0.2) is 11.5 Å². The highest BCUT2D eigenvalue weighted by Gasteiger charge is 2.12. The molecule has 0 amide bonds. The van der Waals surface area contributed by atoms with Crippen molar-refractivity contribution in [2.75, 3.05) is 58.3 Å². The van der Waals surface area contributed by atoms with Crippen LogP contribution in [0.25, 0.3) is 10.9 Å². The van der Waals surface area contributed by atoms with Gasteiger partial charge in [0.25, 0.3) is 0 Å². The summed E-state index contributed by atoms with van der Waals surface area (Å²) < 4.78 is 16.8. The number of anilines is 1. The fourth-order valence-electron chi connectivity index (χ4n) is 2.87. The van der Waals surface area contributed by atoms with Crippen LogP contribution in [0.4, 0.5) is 5.82 Å². The van der Waals surface area contributed by atoms with E-state index in [-0.39, 0.29) is 0 Å². The molecule has 1 aromatic heterocycles. The van der Waals surface area contributed by atoms with E-state index in [4.69, 9.17) is 22.1 Å². The Kier molecular flexibility index (Phi) is 6.30. The maximum atomic E-state index is 5.96. The van der Waals surface area contributed by atoms with E-state index in [0.29, 0.717) is 30.4 Å². The summed E-state index contributed by atoms with van der Waals surface area (Å²) in [5.41, 5.74) is 0.781. The van der Waals surface area contributed by atoms with Crippen LogP contribution in [0, 0.1) is 0 Å². The Balaban J connectivity index is 1.67. The molecule has 1 saturated heterocycles. The van der Waals surface area contributed by atoms with Crippen LogP contribution in [0.5, 0.6) is 11.5 Å². The van der Waals surface area contributed by atoms with Gasteiger partial charge in [-0.15, -0.1) is 0 Å². The summed E-state index contributed by atoms with van der Waals surface area (Å²) in [5, 5.41) is 3.90. The van der Waals surface area contributed by atoms with Crippen molar-refractivity contribution in [3.63, 3.8) is 0 Å². The van der Waals surface area contributed by atoms with Crippen molar-refractivity contribution < 1.29 is 14.2 Å². The van der Waals surface area contributed by atoms with Gasteiger partial charge in [-0.2, -0.15) is 0 Å². The van der Waals surface area contributed by atoms with E-state index < -0.39 is 0 Å². The molecule has 0 spiro atoms. The summed E-state index contributed by atoms with van der Waals surface area (Å²) in [6, 6.07) is 3.76. The van der Waals surface area contributed by atoms with E-state index in [0.717, 1.165) is 50.2 Å². The van der Waals surface area contributed by atoms with E-state index in [1.54, 1.807) is 7.11 Å². The van der Waals surface area contributed by atoms with Crippen molar-refractivity contribution in [3.8, 4) is 11.5 Å². The average molecular weight is 342 g/mol. The van der Waals surface area contributed by atoms with Gasteiger partial charge >= 0.3 is 0 Å². The topological polar surface area (TPSA) is 68.7 Å². The maximum Gasteiger partial charge on any atom is 0.162 e. The SMILES string of the molecule is [B]CNc1ncnc2cc(OC)c(OCCCN3CCOCC3)cc12. The molecular formula is C17H23BN4O3. The van der Waals surface area contributed by atoms with Crippen LogP contribution >= 0.6 is 0 Å². The number of rotatable bonds is 8. The molecule has 3 rings (SSSR count). The molecule has 0 atom stereocenters. The maximum absolute atomic E-state index is 5.96. The van der Waals surface area contributed by atoms with Gasteiger partial charge in [-0.1, -0.05) is 0 Å². The minimum absolute atomic E-state index is 0.299. The van der Waals surface area contributed by atoms with Crippen LogP contribution in [0.1, 0.15) is 6.42 Å². The Labute approximate surface area is 149 Å². The van der Waals surface area contributed by atoms with Crippen molar-refractivity contribution in [1.82, 2.24) is 14.9 Å². The first-order valence-electron chi connectivity index (χ1n) is 8.51. The predicted octanol–water partition coefficient (Wildman–Crippen LogP) is 1.28. The van der Waals surface area contributed by atoms with Crippen molar-refractivity contribution in [3.05, 3.63) is 18.5 Å². The average Bonchev–Trinajstić information content (AvgIpc) is 2.66. The lowest BCUT2D eigenvalue weighted by molar-refractivity contribution is 0.0357. The van der Waals surface area contributed by atoms with Gasteiger partial charge < -0.3 is 19.5 Å². The lowest BCUT2D eigenvalue weighted by Gasteiger charge is -2.26. The number of aromatic nitrogens is 2. The zero-order chi connectivity index (χ0) is 17.5. The summed E-state index contributed by atoms with van der Waals surface area (Å²) in [6.07, 6.45) is 2.75. The number of nitrogens with zero attached hydrogens (tertiary/aromatic N) is 3. The molecule has 8 heteroatoms. The first-order chi connectivity index (χ1) is 12.3. The highest BCUT2D eigenvalue weighted by Crippen LogP contribution is 2.33. The smallest absolute Gasteiger partial charge is 0.162 e. The molecule has 132 valence electrons. The van der Waals surface area contributed by atoms with Crippen molar-refractivity contribution >= 4 is 24.6 Å². The van der Waals surface area contributed by atoms with Crippen LogP contribution in [0.2, 0.25) is 0 Å². The van der Waals surface area contributed by atoms with Crippen LogP contribution in [0.15, 0.2) is 18.5 Å². The third-order valence-electron chi connectivity index (χ3n) is 4.17. The lowest BCUT2D eigenvalue weighted by Crippen LogP contribution is -2.37. The standard InChI is InChI=1S/C17H23BN4O3/c1-23-15-10-14-13(17(19-11-18)21-12-20-14)9-16(15)25-6-2-3-22-4-7-24-8-5-22/h9-10,12H,2-8,11H2,1H3,(H,19,20,21). The summed E-state index contributed by atoms with van der Waals surface area (Å²) in [6.45, 7) is 5.23. The van der Waals surface area contributed by atoms with Crippen LogP contribution in [-0.4, -0.2) is 75.7 Å². The normalized spacial score (nSPS) is 15.2. The molecule has 2 aromatic rings. The molecule has 7 nitrogen and oxygen atoms in total. The summed E-state index contributed by atoms with van der Waals surface area (Å²) in [5.74, 6) is 2.04. The number of nitrogens with one attached hydrogen (secondary N) is 1. The summed E-state index contributed by atoms with van der Waals surface area (Å²) in [4.78, 5) is 10.9. The van der Waals surface area contributed by atoms with Gasteiger partial charge in [0.1, 0.15) is 12.1 Å². The van der Waals surface area contributed by atoms with Crippen LogP contribution in [-0.2, 0) is 4.74 Å². The molecule has 25 heavy (non-hydrogen) atoms. The molecule has 2 heterocycles. The van der Waals surface area contributed by atoms with E-state index in [1.807, 2.05) is 12.1 Å². The number of morpholine rings is 1. The molecule has 0 unspecified atom stereocenters. The number of benzene rings is 1. The second-order valence-electron chi connectivity index (χ2n) is 5.78. The molecule has 1 N–H and O–H groups in total. The Morgan fingerprint density at radius 1 is 1.24 bits per heavy atom. The zero-order valence-corrected chi connectivity index (χ0v) is 14.5. The predicted molar refractivity (Wildman–Crippen MR) is 97.7 cm³/mol. The molecule has 1 aliphatic rings. The van der Waals surface area contributed by atoms with Crippen molar-refractivity contribution in [2.24, 2.45) is 0 Å². The fraction of sp³-hybridized carbons (Fsp3) is 0.529.